The van der Waals surface area contributed by atoms with Gasteiger partial charge in [-0.05, 0) is 60.7 Å². The molecule has 1 aliphatic carbocycles. The molecule has 198 valence electrons. The van der Waals surface area contributed by atoms with Gasteiger partial charge in [0.1, 0.15) is 18.2 Å². The lowest BCUT2D eigenvalue weighted by Gasteiger charge is -2.25. The summed E-state index contributed by atoms with van der Waals surface area (Å²) in [7, 11) is 1.43. The van der Waals surface area contributed by atoms with Gasteiger partial charge in [0.25, 0.3) is 0 Å². The first-order chi connectivity index (χ1) is 18.0. The number of amides is 2. The summed E-state index contributed by atoms with van der Waals surface area (Å²) in [5.41, 5.74) is 4.97. The largest absolute Gasteiger partial charge is 0.480 e. The maximum atomic E-state index is 12.9. The molecule has 8 nitrogen and oxygen atoms in total. The van der Waals surface area contributed by atoms with Gasteiger partial charge in [-0.3, -0.25) is 10.2 Å². The summed E-state index contributed by atoms with van der Waals surface area (Å²) >= 11 is 0. The third-order valence-corrected chi connectivity index (χ3v) is 6.40. The van der Waals surface area contributed by atoms with Gasteiger partial charge in [-0.15, -0.1) is 0 Å². The molecule has 0 heterocycles. The highest BCUT2D eigenvalue weighted by Gasteiger charge is 2.32. The summed E-state index contributed by atoms with van der Waals surface area (Å²) in [6.07, 6.45) is -1.21. The van der Waals surface area contributed by atoms with E-state index in [0.717, 1.165) is 27.2 Å². The average Bonchev–Trinajstić information content (AvgIpc) is 3.18. The second kappa shape index (κ2) is 11.0. The van der Waals surface area contributed by atoms with Crippen molar-refractivity contribution in [3.05, 3.63) is 89.5 Å². The van der Waals surface area contributed by atoms with E-state index >= 15 is 0 Å². The highest BCUT2D eigenvalue weighted by molar-refractivity contribution is 5.85. The van der Waals surface area contributed by atoms with Gasteiger partial charge in [0, 0.05) is 25.1 Å². The lowest BCUT2D eigenvalue weighted by atomic mass is 9.98. The van der Waals surface area contributed by atoms with Crippen LogP contribution in [0.5, 0.6) is 0 Å². The first-order valence-corrected chi connectivity index (χ1v) is 12.4. The fraction of sp³-hybridized carbons (Fsp3) is 0.300. The summed E-state index contributed by atoms with van der Waals surface area (Å²) in [4.78, 5) is 38.1. The molecule has 2 amide bonds. The fourth-order valence-corrected chi connectivity index (χ4v) is 4.58. The number of rotatable bonds is 7. The number of ether oxygens (including phenoxy) is 2. The van der Waals surface area contributed by atoms with Gasteiger partial charge in [0.05, 0.1) is 0 Å². The van der Waals surface area contributed by atoms with Gasteiger partial charge >= 0.3 is 18.2 Å². The lowest BCUT2D eigenvalue weighted by Crippen LogP contribution is -2.44. The van der Waals surface area contributed by atoms with Crippen molar-refractivity contribution in [2.24, 2.45) is 0 Å². The number of benzene rings is 3. The molecule has 0 unspecified atom stereocenters. The van der Waals surface area contributed by atoms with E-state index in [0.29, 0.717) is 11.3 Å². The Morgan fingerprint density at radius 1 is 0.921 bits per heavy atom. The Morgan fingerprint density at radius 2 is 1.47 bits per heavy atom. The average molecular weight is 517 g/mol. The molecule has 8 heteroatoms. The van der Waals surface area contributed by atoms with Gasteiger partial charge in [-0.25, -0.2) is 14.4 Å². The Labute approximate surface area is 222 Å². The predicted molar refractivity (Wildman–Crippen MR) is 144 cm³/mol. The summed E-state index contributed by atoms with van der Waals surface area (Å²) < 4.78 is 10.9. The standard InChI is InChI=1S/C30H32N2O6/c1-30(2,3)38-28(35)31-20-15-13-19(14-16-20)17-26(27(33)34)32(4)29(36)37-18-25-23-11-7-5-9-21(23)22-10-6-8-12-24(22)25/h5-16,25-26H,17-18H2,1-4H3,(H,31,35)(H,33,34)/t26-/m0/s1. The predicted octanol–water partition coefficient (Wildman–Crippen LogP) is 5.91. The zero-order valence-corrected chi connectivity index (χ0v) is 21.9. The van der Waals surface area contributed by atoms with Crippen molar-refractivity contribution in [3.8, 4) is 11.1 Å². The Hall–Kier alpha value is -4.33. The van der Waals surface area contributed by atoms with E-state index in [2.05, 4.69) is 17.4 Å². The van der Waals surface area contributed by atoms with Crippen LogP contribution in [0.3, 0.4) is 0 Å². The van der Waals surface area contributed by atoms with Crippen molar-refractivity contribution in [1.29, 1.82) is 0 Å². The van der Waals surface area contributed by atoms with Crippen molar-refractivity contribution < 1.29 is 29.0 Å². The van der Waals surface area contributed by atoms with Crippen LogP contribution in [0.1, 0.15) is 43.4 Å². The van der Waals surface area contributed by atoms with Crippen molar-refractivity contribution in [1.82, 2.24) is 4.90 Å². The zero-order chi connectivity index (χ0) is 27.4. The smallest absolute Gasteiger partial charge is 0.412 e. The number of hydrogen-bond donors (Lipinski definition) is 2. The molecule has 0 radical (unpaired) electrons. The van der Waals surface area contributed by atoms with E-state index < -0.39 is 29.8 Å². The number of fused-ring (bicyclic) bond motifs is 3. The van der Waals surface area contributed by atoms with Crippen LogP contribution in [-0.2, 0) is 20.7 Å². The van der Waals surface area contributed by atoms with Crippen molar-refractivity contribution in [2.75, 3.05) is 19.0 Å². The molecular weight excluding hydrogens is 484 g/mol. The number of carboxylic acid groups (broad SMARTS) is 1. The van der Waals surface area contributed by atoms with Gasteiger partial charge in [0.15, 0.2) is 0 Å². The molecule has 0 spiro atoms. The molecular formula is C30H32N2O6. The van der Waals surface area contributed by atoms with Crippen LogP contribution in [0.15, 0.2) is 72.8 Å². The summed E-state index contributed by atoms with van der Waals surface area (Å²) in [6.45, 7) is 5.42. The van der Waals surface area contributed by atoms with Gasteiger partial charge < -0.3 is 14.6 Å². The number of anilines is 1. The van der Waals surface area contributed by atoms with Crippen LogP contribution in [0.4, 0.5) is 15.3 Å². The second-order valence-corrected chi connectivity index (χ2v) is 10.3. The highest BCUT2D eigenvalue weighted by atomic mass is 16.6. The first-order valence-electron chi connectivity index (χ1n) is 12.4. The SMILES string of the molecule is CN(C(=O)OCC1c2ccccc2-c2ccccc21)[C@@H](Cc1ccc(NC(=O)OC(C)(C)C)cc1)C(=O)O. The zero-order valence-electron chi connectivity index (χ0n) is 21.9. The molecule has 0 fully saturated rings. The Bertz CT molecular complexity index is 1280. The quantitative estimate of drug-likeness (QED) is 0.404. The molecule has 38 heavy (non-hydrogen) atoms. The maximum absolute atomic E-state index is 12.9. The number of carboxylic acids is 1. The van der Waals surface area contributed by atoms with E-state index in [1.807, 2.05) is 36.4 Å². The highest BCUT2D eigenvalue weighted by Crippen LogP contribution is 2.44. The molecule has 3 aromatic carbocycles. The Morgan fingerprint density at radius 3 is 2.00 bits per heavy atom. The fourth-order valence-electron chi connectivity index (χ4n) is 4.58. The number of nitrogens with zero attached hydrogens (tertiary/aromatic N) is 1. The Kier molecular flexibility index (Phi) is 7.71. The monoisotopic (exact) mass is 516 g/mol. The molecule has 1 aliphatic rings. The van der Waals surface area contributed by atoms with Crippen LogP contribution in [0.25, 0.3) is 11.1 Å². The molecule has 4 rings (SSSR count). The Balaban J connectivity index is 1.39. The first kappa shape index (κ1) is 26.7. The van der Waals surface area contributed by atoms with Gasteiger partial charge in [-0.2, -0.15) is 0 Å². The number of carbonyl (C=O) groups excluding carboxylic acids is 2. The molecule has 0 saturated heterocycles. The summed E-state index contributed by atoms with van der Waals surface area (Å²) in [5.74, 6) is -1.26. The van der Waals surface area contributed by atoms with Crippen LogP contribution in [0, 0.1) is 0 Å². The van der Waals surface area contributed by atoms with Crippen LogP contribution >= 0.6 is 0 Å². The number of carbonyl (C=O) groups is 3. The van der Waals surface area contributed by atoms with Crippen molar-refractivity contribution in [3.63, 3.8) is 0 Å². The van der Waals surface area contributed by atoms with Crippen molar-refractivity contribution in [2.45, 2.75) is 44.8 Å². The van der Waals surface area contributed by atoms with E-state index in [1.54, 1.807) is 45.0 Å². The van der Waals surface area contributed by atoms with Crippen LogP contribution in [-0.4, -0.2) is 53.5 Å². The topological polar surface area (TPSA) is 105 Å². The number of hydrogen-bond acceptors (Lipinski definition) is 5. The summed E-state index contributed by atoms with van der Waals surface area (Å²) in [5, 5.41) is 12.5. The number of likely N-dealkylation sites (N-methyl/N-ethyl adjacent to an activating group) is 1. The second-order valence-electron chi connectivity index (χ2n) is 10.3. The number of nitrogens with one attached hydrogen (secondary N) is 1. The molecule has 3 aromatic rings. The molecule has 0 aromatic heterocycles. The van der Waals surface area contributed by atoms with Crippen LogP contribution in [0.2, 0.25) is 0 Å². The molecule has 0 saturated carbocycles. The number of aliphatic carboxylic acids is 1. The minimum absolute atomic E-state index is 0.0722. The third kappa shape index (κ3) is 6.14. The van der Waals surface area contributed by atoms with Gasteiger partial charge in [0.2, 0.25) is 0 Å². The summed E-state index contributed by atoms with van der Waals surface area (Å²) in [6, 6.07) is 21.6. The third-order valence-electron chi connectivity index (χ3n) is 6.40. The van der Waals surface area contributed by atoms with Crippen molar-refractivity contribution >= 4 is 23.8 Å². The van der Waals surface area contributed by atoms with E-state index in [4.69, 9.17) is 9.47 Å². The molecule has 2 N–H and O–H groups in total. The minimum Gasteiger partial charge on any atom is -0.480 e. The van der Waals surface area contributed by atoms with Crippen LogP contribution < -0.4 is 5.32 Å². The van der Waals surface area contributed by atoms with E-state index in [-0.39, 0.29) is 18.9 Å². The molecule has 1 atom stereocenters. The molecule has 0 bridgehead atoms. The lowest BCUT2D eigenvalue weighted by molar-refractivity contribution is -0.142. The van der Waals surface area contributed by atoms with Gasteiger partial charge in [-0.1, -0.05) is 60.7 Å². The molecule has 0 aliphatic heterocycles. The maximum Gasteiger partial charge on any atom is 0.412 e. The van der Waals surface area contributed by atoms with E-state index in [9.17, 15) is 19.5 Å². The van der Waals surface area contributed by atoms with E-state index in [1.165, 1.54) is 7.05 Å². The minimum atomic E-state index is -1.14. The normalized spacial score (nSPS) is 13.2.